The molecular weight excluding hydrogens is 310 g/mol. The SMILES string of the molecule is CCN1CCN(CC(C)CN=C(N)Nc2ccc3c(c2)CCC3)CC1. The van der Waals surface area contributed by atoms with Gasteiger partial charge in [-0.1, -0.05) is 19.9 Å². The molecule has 0 radical (unpaired) electrons. The van der Waals surface area contributed by atoms with Crippen molar-refractivity contribution in [1.29, 1.82) is 0 Å². The van der Waals surface area contributed by atoms with Gasteiger partial charge in [-0.2, -0.15) is 0 Å². The number of aliphatic imine (C=N–C) groups is 1. The van der Waals surface area contributed by atoms with E-state index in [1.165, 1.54) is 63.1 Å². The van der Waals surface area contributed by atoms with Crippen LogP contribution < -0.4 is 11.1 Å². The Morgan fingerprint density at radius 2 is 1.88 bits per heavy atom. The number of anilines is 1. The molecule has 0 saturated carbocycles. The lowest BCUT2D eigenvalue weighted by Crippen LogP contribution is -2.47. The van der Waals surface area contributed by atoms with Crippen LogP contribution in [0.5, 0.6) is 0 Å². The number of guanidine groups is 1. The highest BCUT2D eigenvalue weighted by Crippen LogP contribution is 2.24. The second-order valence-corrected chi connectivity index (χ2v) is 7.53. The van der Waals surface area contributed by atoms with Crippen LogP contribution in [0.2, 0.25) is 0 Å². The van der Waals surface area contributed by atoms with Gasteiger partial charge in [-0.3, -0.25) is 4.99 Å². The van der Waals surface area contributed by atoms with Crippen molar-refractivity contribution >= 4 is 11.6 Å². The minimum atomic E-state index is 0.522. The van der Waals surface area contributed by atoms with Crippen molar-refractivity contribution in [3.8, 4) is 0 Å². The van der Waals surface area contributed by atoms with Crippen molar-refractivity contribution < 1.29 is 0 Å². The first-order valence-corrected chi connectivity index (χ1v) is 9.77. The van der Waals surface area contributed by atoms with E-state index >= 15 is 0 Å². The zero-order valence-corrected chi connectivity index (χ0v) is 15.8. The molecule has 0 amide bonds. The Hall–Kier alpha value is -1.59. The van der Waals surface area contributed by atoms with E-state index in [9.17, 15) is 0 Å². The van der Waals surface area contributed by atoms with Crippen molar-refractivity contribution in [2.75, 3.05) is 51.1 Å². The van der Waals surface area contributed by atoms with E-state index in [-0.39, 0.29) is 0 Å². The third kappa shape index (κ3) is 5.19. The summed E-state index contributed by atoms with van der Waals surface area (Å²) >= 11 is 0. The molecule has 3 N–H and O–H groups in total. The van der Waals surface area contributed by atoms with Gasteiger partial charge in [-0.25, -0.2) is 0 Å². The monoisotopic (exact) mass is 343 g/mol. The fourth-order valence-corrected chi connectivity index (χ4v) is 3.88. The number of nitrogens with two attached hydrogens (primary N) is 1. The lowest BCUT2D eigenvalue weighted by molar-refractivity contribution is 0.125. The van der Waals surface area contributed by atoms with Gasteiger partial charge in [0, 0.05) is 45.0 Å². The van der Waals surface area contributed by atoms with Gasteiger partial charge in [0.25, 0.3) is 0 Å². The van der Waals surface area contributed by atoms with Crippen LogP contribution in [0.15, 0.2) is 23.2 Å². The normalized spacial score (nSPS) is 20.5. The van der Waals surface area contributed by atoms with Crippen molar-refractivity contribution in [1.82, 2.24) is 9.80 Å². The van der Waals surface area contributed by atoms with Crippen LogP contribution >= 0.6 is 0 Å². The molecule has 1 aromatic rings. The highest BCUT2D eigenvalue weighted by Gasteiger charge is 2.17. The number of benzene rings is 1. The van der Waals surface area contributed by atoms with Crippen LogP contribution in [0.25, 0.3) is 0 Å². The fourth-order valence-electron chi connectivity index (χ4n) is 3.88. The average Bonchev–Trinajstić information content (AvgIpc) is 3.08. The van der Waals surface area contributed by atoms with Crippen LogP contribution in [0, 0.1) is 5.92 Å². The van der Waals surface area contributed by atoms with E-state index in [1.54, 1.807) is 0 Å². The topological polar surface area (TPSA) is 56.9 Å². The summed E-state index contributed by atoms with van der Waals surface area (Å²) in [6, 6.07) is 6.56. The van der Waals surface area contributed by atoms with Crippen LogP contribution in [0.1, 0.15) is 31.4 Å². The Morgan fingerprint density at radius 3 is 2.64 bits per heavy atom. The molecule has 2 aliphatic rings. The Labute approximate surface area is 152 Å². The molecule has 138 valence electrons. The Kier molecular flexibility index (Phi) is 6.32. The van der Waals surface area contributed by atoms with Gasteiger partial charge in [-0.05, 0) is 55.0 Å². The van der Waals surface area contributed by atoms with Gasteiger partial charge >= 0.3 is 0 Å². The summed E-state index contributed by atoms with van der Waals surface area (Å²) in [7, 11) is 0. The summed E-state index contributed by atoms with van der Waals surface area (Å²) in [4.78, 5) is 9.62. The molecule has 5 nitrogen and oxygen atoms in total. The van der Waals surface area contributed by atoms with Gasteiger partial charge in [0.2, 0.25) is 0 Å². The smallest absolute Gasteiger partial charge is 0.193 e. The molecule has 1 unspecified atom stereocenters. The first-order valence-electron chi connectivity index (χ1n) is 9.77. The highest BCUT2D eigenvalue weighted by molar-refractivity contribution is 5.92. The standard InChI is InChI=1S/C20H33N5/c1-3-24-9-11-25(12-10-24)15-16(2)14-22-20(21)23-19-8-7-17-5-4-6-18(17)13-19/h7-8,13,16H,3-6,9-12,14-15H2,1-2H3,(H3,21,22,23). The molecule has 25 heavy (non-hydrogen) atoms. The Bertz CT molecular complexity index is 590. The Morgan fingerprint density at radius 1 is 1.16 bits per heavy atom. The molecule has 1 heterocycles. The number of hydrogen-bond donors (Lipinski definition) is 2. The molecule has 0 bridgehead atoms. The second-order valence-electron chi connectivity index (χ2n) is 7.53. The molecule has 5 heteroatoms. The zero-order valence-electron chi connectivity index (χ0n) is 15.8. The van der Waals surface area contributed by atoms with Crippen LogP contribution in [0.4, 0.5) is 5.69 Å². The molecule has 1 aliphatic heterocycles. The molecule has 0 spiro atoms. The van der Waals surface area contributed by atoms with Crippen molar-refractivity contribution in [2.24, 2.45) is 16.6 Å². The minimum Gasteiger partial charge on any atom is -0.370 e. The summed E-state index contributed by atoms with van der Waals surface area (Å²) in [5.74, 6) is 1.05. The summed E-state index contributed by atoms with van der Waals surface area (Å²) in [5.41, 5.74) is 10.1. The maximum Gasteiger partial charge on any atom is 0.193 e. The molecule has 0 aromatic heterocycles. The molecule has 1 saturated heterocycles. The van der Waals surface area contributed by atoms with E-state index in [0.29, 0.717) is 11.9 Å². The summed E-state index contributed by atoms with van der Waals surface area (Å²) in [5, 5.41) is 3.25. The van der Waals surface area contributed by atoms with Crippen molar-refractivity contribution in [3.63, 3.8) is 0 Å². The van der Waals surface area contributed by atoms with Crippen LogP contribution in [-0.2, 0) is 12.8 Å². The molecule has 1 atom stereocenters. The average molecular weight is 344 g/mol. The Balaban J connectivity index is 1.43. The van der Waals surface area contributed by atoms with Crippen LogP contribution in [-0.4, -0.2) is 61.6 Å². The highest BCUT2D eigenvalue weighted by atomic mass is 15.3. The number of aryl methyl sites for hydroxylation is 2. The van der Waals surface area contributed by atoms with Gasteiger partial charge < -0.3 is 20.9 Å². The molecule has 1 fully saturated rings. The van der Waals surface area contributed by atoms with Gasteiger partial charge in [0.1, 0.15) is 0 Å². The number of likely N-dealkylation sites (N-methyl/N-ethyl adjacent to an activating group) is 1. The first kappa shape index (κ1) is 18.2. The van der Waals surface area contributed by atoms with Crippen LogP contribution in [0.3, 0.4) is 0 Å². The number of nitrogens with one attached hydrogen (secondary N) is 1. The summed E-state index contributed by atoms with van der Waals surface area (Å²) in [6.07, 6.45) is 3.67. The largest absolute Gasteiger partial charge is 0.370 e. The number of rotatable bonds is 6. The fraction of sp³-hybridized carbons (Fsp3) is 0.650. The number of fused-ring (bicyclic) bond motifs is 1. The third-order valence-corrected chi connectivity index (χ3v) is 5.43. The lowest BCUT2D eigenvalue weighted by atomic mass is 10.1. The quantitative estimate of drug-likeness (QED) is 0.614. The minimum absolute atomic E-state index is 0.522. The van der Waals surface area contributed by atoms with Gasteiger partial charge in [-0.15, -0.1) is 0 Å². The van der Waals surface area contributed by atoms with E-state index in [0.717, 1.165) is 18.8 Å². The van der Waals surface area contributed by atoms with E-state index in [1.807, 2.05) is 0 Å². The third-order valence-electron chi connectivity index (χ3n) is 5.43. The maximum atomic E-state index is 6.09. The number of piperazine rings is 1. The van der Waals surface area contributed by atoms with Gasteiger partial charge in [0.15, 0.2) is 5.96 Å². The van der Waals surface area contributed by atoms with Crippen molar-refractivity contribution in [3.05, 3.63) is 29.3 Å². The predicted molar refractivity (Wildman–Crippen MR) is 106 cm³/mol. The predicted octanol–water partition coefficient (Wildman–Crippen LogP) is 2.18. The molecule has 3 rings (SSSR count). The van der Waals surface area contributed by atoms with E-state index < -0.39 is 0 Å². The second kappa shape index (κ2) is 8.68. The molecule has 1 aromatic carbocycles. The maximum absolute atomic E-state index is 6.09. The molecule has 1 aliphatic carbocycles. The first-order chi connectivity index (χ1) is 12.1. The van der Waals surface area contributed by atoms with Gasteiger partial charge in [0.05, 0.1) is 0 Å². The zero-order chi connectivity index (χ0) is 17.6. The number of hydrogen-bond acceptors (Lipinski definition) is 3. The summed E-state index contributed by atoms with van der Waals surface area (Å²) < 4.78 is 0. The summed E-state index contributed by atoms with van der Waals surface area (Å²) in [6.45, 7) is 12.3. The van der Waals surface area contributed by atoms with E-state index in [2.05, 4.69) is 52.2 Å². The van der Waals surface area contributed by atoms with Crippen molar-refractivity contribution in [2.45, 2.75) is 33.1 Å². The number of nitrogens with zero attached hydrogens (tertiary/aromatic N) is 3. The molecular formula is C20H33N5. The lowest BCUT2D eigenvalue weighted by Gasteiger charge is -2.35. The van der Waals surface area contributed by atoms with E-state index in [4.69, 9.17) is 5.73 Å².